The fourth-order valence-electron chi connectivity index (χ4n) is 4.46. The number of hydrogen-bond acceptors (Lipinski definition) is 4. The maximum atomic E-state index is 14.9. The van der Waals surface area contributed by atoms with Crippen molar-refractivity contribution in [1.29, 1.82) is 0 Å². The monoisotopic (exact) mass is 500 g/mol. The first-order chi connectivity index (χ1) is 16.9. The summed E-state index contributed by atoms with van der Waals surface area (Å²) in [6, 6.07) is 11.4. The van der Waals surface area contributed by atoms with Crippen LogP contribution >= 0.6 is 11.6 Å². The number of aliphatic hydroxyl groups is 1. The molecule has 1 unspecified atom stereocenters. The minimum atomic E-state index is -0.994. The van der Waals surface area contributed by atoms with E-state index >= 15 is 0 Å². The molecule has 0 saturated carbocycles. The van der Waals surface area contributed by atoms with Gasteiger partial charge in [0.1, 0.15) is 11.6 Å². The van der Waals surface area contributed by atoms with Crippen molar-refractivity contribution in [2.75, 3.05) is 26.2 Å². The Morgan fingerprint density at radius 2 is 1.57 bits per heavy atom. The Morgan fingerprint density at radius 3 is 2.17 bits per heavy atom. The zero-order chi connectivity index (χ0) is 25.4. The first-order valence-electron chi connectivity index (χ1n) is 12.4. The van der Waals surface area contributed by atoms with E-state index in [1.165, 1.54) is 11.0 Å². The van der Waals surface area contributed by atoms with Crippen molar-refractivity contribution < 1.29 is 19.1 Å². The number of amides is 1. The van der Waals surface area contributed by atoms with E-state index in [2.05, 4.69) is 18.7 Å². The number of halogens is 2. The first kappa shape index (κ1) is 26.9. The van der Waals surface area contributed by atoms with Crippen LogP contribution in [0.25, 0.3) is 5.76 Å². The van der Waals surface area contributed by atoms with E-state index in [-0.39, 0.29) is 23.4 Å². The third-order valence-corrected chi connectivity index (χ3v) is 6.64. The van der Waals surface area contributed by atoms with Crippen LogP contribution in [0.15, 0.2) is 54.1 Å². The smallest absolute Gasteiger partial charge is 0.295 e. The van der Waals surface area contributed by atoms with Gasteiger partial charge in [0, 0.05) is 22.7 Å². The normalized spacial score (nSPS) is 17.5. The molecule has 1 fully saturated rings. The van der Waals surface area contributed by atoms with Crippen LogP contribution in [0.2, 0.25) is 5.02 Å². The van der Waals surface area contributed by atoms with Gasteiger partial charge in [-0.1, -0.05) is 56.5 Å². The molecule has 0 radical (unpaired) electrons. The summed E-state index contributed by atoms with van der Waals surface area (Å²) >= 11 is 5.96. The molecule has 1 atom stereocenters. The lowest BCUT2D eigenvalue weighted by Gasteiger charge is -2.27. The molecule has 1 N–H and O–H groups in total. The topological polar surface area (TPSA) is 60.9 Å². The number of carbonyl (C=O) groups is 2. The van der Waals surface area contributed by atoms with Gasteiger partial charge in [0.25, 0.3) is 11.7 Å². The van der Waals surface area contributed by atoms with E-state index in [1.54, 1.807) is 42.5 Å². The van der Waals surface area contributed by atoms with Crippen LogP contribution in [-0.2, 0) is 9.59 Å². The van der Waals surface area contributed by atoms with Gasteiger partial charge < -0.3 is 14.9 Å². The molecule has 188 valence electrons. The second-order valence-electron chi connectivity index (χ2n) is 8.92. The molecule has 1 aliphatic rings. The van der Waals surface area contributed by atoms with Gasteiger partial charge in [0.15, 0.2) is 0 Å². The molecule has 7 heteroatoms. The van der Waals surface area contributed by atoms with Crippen molar-refractivity contribution in [1.82, 2.24) is 9.80 Å². The summed E-state index contributed by atoms with van der Waals surface area (Å²) in [4.78, 5) is 30.0. The Morgan fingerprint density at radius 1 is 0.971 bits per heavy atom. The third-order valence-electron chi connectivity index (χ3n) is 6.39. The zero-order valence-corrected chi connectivity index (χ0v) is 21.2. The van der Waals surface area contributed by atoms with Gasteiger partial charge in [-0.3, -0.25) is 9.59 Å². The number of Topliss-reactive ketones (excluding diaryl/α,β-unsaturated/α-hetero) is 1. The summed E-state index contributed by atoms with van der Waals surface area (Å²) in [7, 11) is 0. The van der Waals surface area contributed by atoms with E-state index < -0.39 is 23.5 Å². The third kappa shape index (κ3) is 6.50. The van der Waals surface area contributed by atoms with Crippen LogP contribution < -0.4 is 0 Å². The highest BCUT2D eigenvalue weighted by Gasteiger charge is 2.46. The molecule has 2 aromatic rings. The predicted octanol–water partition coefficient (Wildman–Crippen LogP) is 6.19. The number of rotatable bonds is 12. The van der Waals surface area contributed by atoms with E-state index in [4.69, 9.17) is 11.6 Å². The Bertz CT molecular complexity index is 1050. The summed E-state index contributed by atoms with van der Waals surface area (Å²) in [5, 5.41) is 11.5. The molecule has 2 aromatic carbocycles. The summed E-state index contributed by atoms with van der Waals surface area (Å²) in [5.41, 5.74) is 0.436. The lowest BCUT2D eigenvalue weighted by molar-refractivity contribution is -0.140. The molecule has 0 spiro atoms. The minimum Gasteiger partial charge on any atom is -0.507 e. The van der Waals surface area contributed by atoms with Crippen LogP contribution in [-0.4, -0.2) is 52.8 Å². The maximum absolute atomic E-state index is 14.9. The van der Waals surface area contributed by atoms with Crippen molar-refractivity contribution in [2.24, 2.45) is 0 Å². The summed E-state index contributed by atoms with van der Waals surface area (Å²) in [5.74, 6) is -2.39. The Labute approximate surface area is 212 Å². The molecule has 0 aromatic heterocycles. The van der Waals surface area contributed by atoms with Gasteiger partial charge in [-0.25, -0.2) is 4.39 Å². The standard InChI is InChI=1S/C28H34ClFN2O3/c1-3-5-16-31(17-6-4-2)18-9-19-32-25(22-10-7-8-11-23(22)30)24(27(34)28(32)35)26(33)20-12-14-21(29)15-13-20/h7-8,10-15,25,33H,3-6,9,16-19H2,1-2H3. The Hall–Kier alpha value is -2.70. The molecule has 1 amide bonds. The Kier molecular flexibility index (Phi) is 9.87. The first-order valence-corrected chi connectivity index (χ1v) is 12.8. The number of aliphatic hydroxyl groups excluding tert-OH is 1. The van der Waals surface area contributed by atoms with Gasteiger partial charge >= 0.3 is 0 Å². The average Bonchev–Trinajstić information content (AvgIpc) is 3.10. The van der Waals surface area contributed by atoms with Crippen LogP contribution in [0.1, 0.15) is 63.1 Å². The van der Waals surface area contributed by atoms with Crippen molar-refractivity contribution >= 4 is 29.1 Å². The molecule has 1 heterocycles. The molecule has 1 aliphatic heterocycles. The minimum absolute atomic E-state index is 0.101. The van der Waals surface area contributed by atoms with E-state index in [0.29, 0.717) is 17.0 Å². The summed E-state index contributed by atoms with van der Waals surface area (Å²) in [6.45, 7) is 7.37. The van der Waals surface area contributed by atoms with E-state index in [9.17, 15) is 19.1 Å². The quantitative estimate of drug-likeness (QED) is 0.214. The van der Waals surface area contributed by atoms with Gasteiger partial charge in [-0.2, -0.15) is 0 Å². The van der Waals surface area contributed by atoms with Crippen LogP contribution in [0, 0.1) is 5.82 Å². The van der Waals surface area contributed by atoms with Gasteiger partial charge in [0.05, 0.1) is 11.6 Å². The van der Waals surface area contributed by atoms with Gasteiger partial charge in [-0.05, 0) is 69.2 Å². The average molecular weight is 501 g/mol. The lowest BCUT2D eigenvalue weighted by atomic mass is 9.95. The molecule has 5 nitrogen and oxygen atoms in total. The SMILES string of the molecule is CCCCN(CCCC)CCCN1C(=O)C(=O)C(=C(O)c2ccc(Cl)cc2)C1c1ccccc1F. The van der Waals surface area contributed by atoms with Gasteiger partial charge in [-0.15, -0.1) is 0 Å². The van der Waals surface area contributed by atoms with E-state index in [0.717, 1.165) is 45.3 Å². The number of carbonyl (C=O) groups excluding carboxylic acids is 2. The highest BCUT2D eigenvalue weighted by molar-refractivity contribution is 6.46. The molecule has 3 rings (SSSR count). The molecule has 0 aliphatic carbocycles. The fourth-order valence-corrected chi connectivity index (χ4v) is 4.58. The zero-order valence-electron chi connectivity index (χ0n) is 20.5. The van der Waals surface area contributed by atoms with Crippen LogP contribution in [0.5, 0.6) is 0 Å². The summed E-state index contributed by atoms with van der Waals surface area (Å²) in [6.07, 6.45) is 5.06. The summed E-state index contributed by atoms with van der Waals surface area (Å²) < 4.78 is 14.9. The van der Waals surface area contributed by atoms with Crippen LogP contribution in [0.4, 0.5) is 4.39 Å². The number of nitrogens with zero attached hydrogens (tertiary/aromatic N) is 2. The highest BCUT2D eigenvalue weighted by atomic mass is 35.5. The predicted molar refractivity (Wildman–Crippen MR) is 138 cm³/mol. The number of benzene rings is 2. The number of unbranched alkanes of at least 4 members (excludes halogenated alkanes) is 2. The molecule has 35 heavy (non-hydrogen) atoms. The molecule has 1 saturated heterocycles. The number of ketones is 1. The van der Waals surface area contributed by atoms with Crippen molar-refractivity contribution in [3.63, 3.8) is 0 Å². The second-order valence-corrected chi connectivity index (χ2v) is 9.36. The van der Waals surface area contributed by atoms with Crippen molar-refractivity contribution in [3.8, 4) is 0 Å². The molecule has 0 bridgehead atoms. The molecular formula is C28H34ClFN2O3. The van der Waals surface area contributed by atoms with Crippen LogP contribution in [0.3, 0.4) is 0 Å². The number of likely N-dealkylation sites (tertiary alicyclic amines) is 1. The second kappa shape index (κ2) is 12.8. The van der Waals surface area contributed by atoms with Crippen molar-refractivity contribution in [2.45, 2.75) is 52.0 Å². The van der Waals surface area contributed by atoms with Gasteiger partial charge in [0.2, 0.25) is 0 Å². The maximum Gasteiger partial charge on any atom is 0.295 e. The lowest BCUT2D eigenvalue weighted by Crippen LogP contribution is -2.34. The highest BCUT2D eigenvalue weighted by Crippen LogP contribution is 2.40. The number of hydrogen-bond donors (Lipinski definition) is 1. The molecular weight excluding hydrogens is 467 g/mol. The largest absolute Gasteiger partial charge is 0.507 e. The fraction of sp³-hybridized carbons (Fsp3) is 0.429. The Balaban J connectivity index is 1.92. The van der Waals surface area contributed by atoms with E-state index in [1.807, 2.05) is 0 Å². The van der Waals surface area contributed by atoms with Crippen molar-refractivity contribution in [3.05, 3.63) is 76.1 Å².